The summed E-state index contributed by atoms with van der Waals surface area (Å²) in [5.41, 5.74) is 3.40. The average Bonchev–Trinajstić information content (AvgIpc) is 3.48. The van der Waals surface area contributed by atoms with Crippen molar-refractivity contribution in [3.05, 3.63) is 54.0 Å². The van der Waals surface area contributed by atoms with E-state index in [0.717, 1.165) is 39.1 Å². The molecule has 5 rings (SSSR count). The molecule has 0 radical (unpaired) electrons. The molecular formula is C24H29N5O2. The Morgan fingerprint density at radius 2 is 1.90 bits per heavy atom. The minimum absolute atomic E-state index is 0.299. The molecule has 2 aliphatic heterocycles. The number of carbonyl (C=O) groups excluding carboxylic acids is 1. The molecule has 7 nitrogen and oxygen atoms in total. The molecule has 0 N–H and O–H groups in total. The number of hydrogen-bond acceptors (Lipinski definition) is 6. The lowest BCUT2D eigenvalue weighted by Gasteiger charge is -2.24. The summed E-state index contributed by atoms with van der Waals surface area (Å²) in [6.45, 7) is 7.30. The third-order valence-corrected chi connectivity index (χ3v) is 6.76. The van der Waals surface area contributed by atoms with Gasteiger partial charge in [-0.25, -0.2) is 14.8 Å². The molecule has 1 atom stereocenters. The van der Waals surface area contributed by atoms with E-state index in [2.05, 4.69) is 61.8 Å². The van der Waals surface area contributed by atoms with Gasteiger partial charge in [0.15, 0.2) is 0 Å². The SMILES string of the molecule is CCOC(=O)c1cnc(N2CCC3(CCN(Cc4cn(C)c5ccccc45)C3)C2)nc1. The van der Waals surface area contributed by atoms with E-state index in [1.807, 2.05) is 0 Å². The summed E-state index contributed by atoms with van der Waals surface area (Å²) in [6.07, 6.45) is 7.78. The first-order valence-corrected chi connectivity index (χ1v) is 11.1. The van der Waals surface area contributed by atoms with E-state index in [4.69, 9.17) is 4.74 Å². The minimum Gasteiger partial charge on any atom is -0.462 e. The standard InChI is InChI=1S/C24H29N5O2/c1-3-31-22(30)18-12-25-23(26-13-18)29-11-9-24(17-29)8-10-28(16-24)15-19-14-27(2)21-7-5-4-6-20(19)21/h4-7,12-14H,3,8-11,15-17H2,1-2H3. The number of para-hydroxylation sites is 1. The number of fused-ring (bicyclic) bond motifs is 1. The molecule has 31 heavy (non-hydrogen) atoms. The smallest absolute Gasteiger partial charge is 0.341 e. The minimum atomic E-state index is -0.369. The maximum atomic E-state index is 11.8. The summed E-state index contributed by atoms with van der Waals surface area (Å²) >= 11 is 0. The molecule has 162 valence electrons. The van der Waals surface area contributed by atoms with Crippen LogP contribution < -0.4 is 4.90 Å². The highest BCUT2D eigenvalue weighted by molar-refractivity contribution is 5.88. The van der Waals surface area contributed by atoms with Gasteiger partial charge >= 0.3 is 5.97 Å². The van der Waals surface area contributed by atoms with Crippen LogP contribution in [-0.2, 0) is 18.3 Å². The first kappa shape index (κ1) is 20.0. The van der Waals surface area contributed by atoms with Gasteiger partial charge in [0.25, 0.3) is 0 Å². The Hall–Kier alpha value is -2.93. The van der Waals surface area contributed by atoms with Crippen LogP contribution >= 0.6 is 0 Å². The molecule has 3 aromatic rings. The van der Waals surface area contributed by atoms with E-state index >= 15 is 0 Å². The monoisotopic (exact) mass is 419 g/mol. The zero-order valence-corrected chi connectivity index (χ0v) is 18.3. The lowest BCUT2D eigenvalue weighted by Crippen LogP contribution is -2.31. The fourth-order valence-electron chi connectivity index (χ4n) is 5.20. The van der Waals surface area contributed by atoms with Crippen LogP contribution in [0, 0.1) is 5.41 Å². The highest BCUT2D eigenvalue weighted by Gasteiger charge is 2.44. The van der Waals surface area contributed by atoms with Gasteiger partial charge in [0.2, 0.25) is 5.95 Å². The highest BCUT2D eigenvalue weighted by Crippen LogP contribution is 2.41. The van der Waals surface area contributed by atoms with Gasteiger partial charge in [-0.1, -0.05) is 18.2 Å². The third kappa shape index (κ3) is 3.78. The second kappa shape index (κ2) is 7.96. The van der Waals surface area contributed by atoms with Gasteiger partial charge in [0.05, 0.1) is 12.2 Å². The normalized spacial score (nSPS) is 21.4. The Morgan fingerprint density at radius 1 is 1.13 bits per heavy atom. The topological polar surface area (TPSA) is 63.5 Å². The summed E-state index contributed by atoms with van der Waals surface area (Å²) in [5, 5.41) is 1.36. The molecule has 0 aliphatic carbocycles. The van der Waals surface area contributed by atoms with E-state index in [9.17, 15) is 4.79 Å². The van der Waals surface area contributed by atoms with Gasteiger partial charge in [-0.05, 0) is 37.9 Å². The lowest BCUT2D eigenvalue weighted by molar-refractivity contribution is 0.0525. The van der Waals surface area contributed by atoms with E-state index in [-0.39, 0.29) is 5.97 Å². The summed E-state index contributed by atoms with van der Waals surface area (Å²) in [6, 6.07) is 8.64. The van der Waals surface area contributed by atoms with Crippen LogP contribution in [0.15, 0.2) is 42.9 Å². The van der Waals surface area contributed by atoms with Gasteiger partial charge < -0.3 is 14.2 Å². The molecule has 2 aliphatic rings. The average molecular weight is 420 g/mol. The Balaban J connectivity index is 1.24. The zero-order chi connectivity index (χ0) is 21.4. The van der Waals surface area contributed by atoms with E-state index in [1.54, 1.807) is 19.3 Å². The summed E-state index contributed by atoms with van der Waals surface area (Å²) in [5.74, 6) is 0.337. The van der Waals surface area contributed by atoms with Crippen LogP contribution in [0.3, 0.4) is 0 Å². The summed E-state index contributed by atoms with van der Waals surface area (Å²) in [7, 11) is 2.12. The van der Waals surface area contributed by atoms with Gasteiger partial charge in [-0.15, -0.1) is 0 Å². The van der Waals surface area contributed by atoms with Crippen LogP contribution in [0.1, 0.15) is 35.7 Å². The van der Waals surface area contributed by atoms with Gasteiger partial charge in [-0.2, -0.15) is 0 Å². The van der Waals surface area contributed by atoms with E-state index < -0.39 is 0 Å². The van der Waals surface area contributed by atoms with E-state index in [0.29, 0.717) is 23.5 Å². The predicted molar refractivity (Wildman–Crippen MR) is 120 cm³/mol. The summed E-state index contributed by atoms with van der Waals surface area (Å²) in [4.78, 5) is 25.6. The number of aryl methyl sites for hydroxylation is 1. The molecule has 7 heteroatoms. The predicted octanol–water partition coefficient (Wildman–Crippen LogP) is 3.25. The van der Waals surface area contributed by atoms with Crippen molar-refractivity contribution in [1.82, 2.24) is 19.4 Å². The number of hydrogen-bond donors (Lipinski definition) is 0. The van der Waals surface area contributed by atoms with E-state index in [1.165, 1.54) is 22.9 Å². The van der Waals surface area contributed by atoms with Crippen molar-refractivity contribution < 1.29 is 9.53 Å². The quantitative estimate of drug-likeness (QED) is 0.592. The van der Waals surface area contributed by atoms with Crippen molar-refractivity contribution in [2.45, 2.75) is 26.3 Å². The fourth-order valence-corrected chi connectivity index (χ4v) is 5.20. The Morgan fingerprint density at radius 3 is 2.71 bits per heavy atom. The number of ether oxygens (including phenoxy) is 1. The van der Waals surface area contributed by atoms with Crippen molar-refractivity contribution in [3.8, 4) is 0 Å². The van der Waals surface area contributed by atoms with Crippen molar-refractivity contribution in [2.75, 3.05) is 37.7 Å². The maximum Gasteiger partial charge on any atom is 0.341 e. The molecule has 0 bridgehead atoms. The second-order valence-electron chi connectivity index (χ2n) is 8.91. The second-order valence-corrected chi connectivity index (χ2v) is 8.91. The van der Waals surface area contributed by atoms with Crippen LogP contribution in [-0.4, -0.2) is 58.2 Å². The molecule has 2 saturated heterocycles. The largest absolute Gasteiger partial charge is 0.462 e. The first-order chi connectivity index (χ1) is 15.1. The van der Waals surface area contributed by atoms with Crippen LogP contribution in [0.5, 0.6) is 0 Å². The van der Waals surface area contributed by atoms with Crippen LogP contribution in [0.4, 0.5) is 5.95 Å². The van der Waals surface area contributed by atoms with Crippen molar-refractivity contribution >= 4 is 22.8 Å². The number of aromatic nitrogens is 3. The Kier molecular flexibility index (Phi) is 5.14. The van der Waals surface area contributed by atoms with Gasteiger partial charge in [-0.3, -0.25) is 4.90 Å². The molecule has 4 heterocycles. The fraction of sp³-hybridized carbons (Fsp3) is 0.458. The summed E-state index contributed by atoms with van der Waals surface area (Å²) < 4.78 is 7.25. The number of benzene rings is 1. The first-order valence-electron chi connectivity index (χ1n) is 11.1. The van der Waals surface area contributed by atoms with Gasteiger partial charge in [0.1, 0.15) is 0 Å². The van der Waals surface area contributed by atoms with Gasteiger partial charge in [0, 0.05) is 68.1 Å². The molecule has 1 spiro atoms. The maximum absolute atomic E-state index is 11.8. The van der Waals surface area contributed by atoms with Crippen molar-refractivity contribution in [2.24, 2.45) is 12.5 Å². The lowest BCUT2D eigenvalue weighted by atomic mass is 9.86. The van der Waals surface area contributed by atoms with Crippen molar-refractivity contribution in [3.63, 3.8) is 0 Å². The number of likely N-dealkylation sites (tertiary alicyclic amines) is 1. The van der Waals surface area contributed by atoms with Crippen LogP contribution in [0.2, 0.25) is 0 Å². The molecule has 2 aromatic heterocycles. The number of esters is 1. The molecule has 1 aromatic carbocycles. The Labute approximate surface area is 182 Å². The molecule has 2 fully saturated rings. The zero-order valence-electron chi connectivity index (χ0n) is 18.3. The molecule has 1 unspecified atom stereocenters. The van der Waals surface area contributed by atoms with Crippen LogP contribution in [0.25, 0.3) is 10.9 Å². The Bertz CT molecular complexity index is 1090. The number of rotatable bonds is 5. The number of nitrogens with zero attached hydrogens (tertiary/aromatic N) is 5. The molecule has 0 saturated carbocycles. The molecular weight excluding hydrogens is 390 g/mol. The van der Waals surface area contributed by atoms with Crippen molar-refractivity contribution in [1.29, 1.82) is 0 Å². The number of carbonyl (C=O) groups is 1. The number of anilines is 1. The third-order valence-electron chi connectivity index (χ3n) is 6.76. The molecule has 0 amide bonds. The highest BCUT2D eigenvalue weighted by atomic mass is 16.5.